The van der Waals surface area contributed by atoms with E-state index < -0.39 is 0 Å². The van der Waals surface area contributed by atoms with Crippen molar-refractivity contribution >= 4 is 0 Å². The smallest absolute Gasteiger partial charge is 0 e. The van der Waals surface area contributed by atoms with Gasteiger partial charge in [-0.15, -0.1) is 0 Å². The summed E-state index contributed by atoms with van der Waals surface area (Å²) in [7, 11) is 0. The van der Waals surface area contributed by atoms with Crippen molar-refractivity contribution in [3.8, 4) is 0 Å². The summed E-state index contributed by atoms with van der Waals surface area (Å²) in [6.45, 7) is 0. The number of hydrogen-bond acceptors (Lipinski definition) is 2. The van der Waals surface area contributed by atoms with E-state index in [1.807, 2.05) is 0 Å². The fraction of sp³-hybridized carbons (Fsp3) is 0. The van der Waals surface area contributed by atoms with Crippen LogP contribution in [0.1, 0.15) is 0 Å². The average molecular weight is 136 g/mol. The molecule has 0 saturated carbocycles. The third kappa shape index (κ3) is 11.4. The summed E-state index contributed by atoms with van der Waals surface area (Å²) in [5, 5.41) is 12.0. The van der Waals surface area contributed by atoms with Crippen LogP contribution in [0.15, 0.2) is 0 Å². The second-order valence-electron chi connectivity index (χ2n) is 0. The van der Waals surface area contributed by atoms with E-state index in [9.17, 15) is 0 Å². The first-order valence-corrected chi connectivity index (χ1v) is 0.200. The van der Waals surface area contributed by atoms with Crippen molar-refractivity contribution in [1.29, 1.82) is 0 Å². The molecule has 0 aliphatic carbocycles. The quantitative estimate of drug-likeness (QED) is 0.363. The van der Waals surface area contributed by atoms with Crippen molar-refractivity contribution < 1.29 is 47.6 Å². The van der Waals surface area contributed by atoms with Gasteiger partial charge in [0, 0.05) is 37.1 Å². The van der Waals surface area contributed by atoms with Crippen molar-refractivity contribution in [3.63, 3.8) is 0 Å². The van der Waals surface area contributed by atoms with E-state index in [4.69, 9.17) is 10.5 Å². The van der Waals surface area contributed by atoms with E-state index in [1.165, 1.54) is 0 Å². The van der Waals surface area contributed by atoms with Gasteiger partial charge in [-0.1, -0.05) is 0 Å². The molecule has 0 heterocycles. The van der Waals surface area contributed by atoms with Crippen molar-refractivity contribution in [2.45, 2.75) is 0 Å². The first-order valence-electron chi connectivity index (χ1n) is 0.200. The second kappa shape index (κ2) is 32.9. The predicted molar refractivity (Wildman–Crippen MR) is 5.26 cm³/mol. The molecule has 0 amide bonds. The molecular formula is H2O2V2. The standard InChI is InChI=1S/H2O2.2V/c1-2;;/h1-2H;;. The molecule has 0 aromatic carbocycles. The maximum atomic E-state index is 6.00. The Bertz CT molecular complexity index is 4.00. The fourth-order valence-electron chi connectivity index (χ4n) is 0. The van der Waals surface area contributed by atoms with E-state index in [0.717, 1.165) is 0 Å². The van der Waals surface area contributed by atoms with Gasteiger partial charge < -0.3 is 0 Å². The Labute approximate surface area is 47.9 Å². The van der Waals surface area contributed by atoms with Crippen LogP contribution in [0.4, 0.5) is 0 Å². The molecule has 0 aliphatic rings. The van der Waals surface area contributed by atoms with Crippen LogP contribution in [-0.2, 0) is 37.1 Å². The average Bonchev–Trinajstić information content (AvgIpc) is 1.00. The van der Waals surface area contributed by atoms with Crippen LogP contribution in [0.3, 0.4) is 0 Å². The molecule has 2 nitrogen and oxygen atoms in total. The van der Waals surface area contributed by atoms with E-state index in [1.54, 1.807) is 0 Å². The molecule has 0 aliphatic heterocycles. The van der Waals surface area contributed by atoms with Gasteiger partial charge in [-0.25, -0.2) is 0 Å². The Morgan fingerprint density at radius 3 is 0.750 bits per heavy atom. The molecule has 0 spiro atoms. The number of rotatable bonds is 0. The maximum Gasteiger partial charge on any atom is 0 e. The molecule has 4 heteroatoms. The summed E-state index contributed by atoms with van der Waals surface area (Å²) in [6, 6.07) is 0. The minimum atomic E-state index is 0. The van der Waals surface area contributed by atoms with Crippen LogP contribution >= 0.6 is 0 Å². The Morgan fingerprint density at radius 2 is 0.750 bits per heavy atom. The molecule has 2 radical (unpaired) electrons. The minimum Gasteiger partial charge on any atom is -0.255 e. The second-order valence-corrected chi connectivity index (χ2v) is 0. The Kier molecular flexibility index (Phi) is 160. The van der Waals surface area contributed by atoms with Crippen LogP contribution in [-0.4, -0.2) is 10.5 Å². The Morgan fingerprint density at radius 1 is 0.750 bits per heavy atom. The molecule has 0 atom stereocenters. The van der Waals surface area contributed by atoms with Crippen molar-refractivity contribution in [2.75, 3.05) is 0 Å². The molecule has 0 aromatic heterocycles. The van der Waals surface area contributed by atoms with E-state index in [2.05, 4.69) is 0 Å². The van der Waals surface area contributed by atoms with Gasteiger partial charge in [-0.2, -0.15) is 0 Å². The molecule has 0 fully saturated rings. The molecule has 4 heavy (non-hydrogen) atoms. The zero-order chi connectivity index (χ0) is 2.00. The van der Waals surface area contributed by atoms with Crippen LogP contribution in [0.5, 0.6) is 0 Å². The molecule has 0 rings (SSSR count). The Hall–Kier alpha value is 1.09. The van der Waals surface area contributed by atoms with Gasteiger partial charge in [-0.05, 0) is 0 Å². The zero-order valence-corrected chi connectivity index (χ0v) is 4.58. The van der Waals surface area contributed by atoms with Gasteiger partial charge in [0.1, 0.15) is 0 Å². The van der Waals surface area contributed by atoms with Crippen LogP contribution in [0.25, 0.3) is 0 Å². The summed E-state index contributed by atoms with van der Waals surface area (Å²) in [4.78, 5) is 0. The van der Waals surface area contributed by atoms with Gasteiger partial charge in [0.05, 0.1) is 0 Å². The molecule has 2 N–H and O–H groups in total. The summed E-state index contributed by atoms with van der Waals surface area (Å²) >= 11 is 0. The van der Waals surface area contributed by atoms with Crippen molar-refractivity contribution in [3.05, 3.63) is 0 Å². The van der Waals surface area contributed by atoms with E-state index in [0.29, 0.717) is 0 Å². The Balaban J connectivity index is -0.00000000500. The maximum absolute atomic E-state index is 6.00. The molecule has 0 bridgehead atoms. The van der Waals surface area contributed by atoms with Crippen LogP contribution < -0.4 is 0 Å². The molecule has 24 valence electrons. The summed E-state index contributed by atoms with van der Waals surface area (Å²) in [5.74, 6) is 0. The molecular weight excluding hydrogens is 134 g/mol. The normalized spacial score (nSPS) is 1.50. The number of hydrogen-bond donors (Lipinski definition) is 2. The minimum absolute atomic E-state index is 0. The predicted octanol–water partition coefficient (Wildman–Crippen LogP) is 0.0124. The first kappa shape index (κ1) is 19.5. The van der Waals surface area contributed by atoms with Crippen molar-refractivity contribution in [1.82, 2.24) is 0 Å². The third-order valence-electron chi connectivity index (χ3n) is 0. The first-order chi connectivity index (χ1) is 1.00. The van der Waals surface area contributed by atoms with Crippen LogP contribution in [0, 0.1) is 0 Å². The SMILES string of the molecule is OO.[V].[V]. The summed E-state index contributed by atoms with van der Waals surface area (Å²) in [6.07, 6.45) is 0. The van der Waals surface area contributed by atoms with Gasteiger partial charge in [0.15, 0.2) is 0 Å². The van der Waals surface area contributed by atoms with Gasteiger partial charge in [-0.3, -0.25) is 10.5 Å². The molecule has 0 aromatic rings. The monoisotopic (exact) mass is 136 g/mol. The van der Waals surface area contributed by atoms with Crippen LogP contribution in [0.2, 0.25) is 0 Å². The van der Waals surface area contributed by atoms with Gasteiger partial charge in [0.2, 0.25) is 0 Å². The van der Waals surface area contributed by atoms with Gasteiger partial charge >= 0.3 is 0 Å². The summed E-state index contributed by atoms with van der Waals surface area (Å²) in [5.41, 5.74) is 0. The molecule has 0 saturated heterocycles. The van der Waals surface area contributed by atoms with E-state index in [-0.39, 0.29) is 37.1 Å². The van der Waals surface area contributed by atoms with Gasteiger partial charge in [0.25, 0.3) is 0 Å². The summed E-state index contributed by atoms with van der Waals surface area (Å²) < 4.78 is 0. The largest absolute Gasteiger partial charge is 0.255 e. The zero-order valence-electron chi connectivity index (χ0n) is 1.79. The fourth-order valence-corrected chi connectivity index (χ4v) is 0. The molecule has 0 unspecified atom stereocenters. The topological polar surface area (TPSA) is 40.5 Å². The van der Waals surface area contributed by atoms with E-state index >= 15 is 0 Å². The third-order valence-corrected chi connectivity index (χ3v) is 0. The van der Waals surface area contributed by atoms with Crippen molar-refractivity contribution in [2.24, 2.45) is 0 Å².